The van der Waals surface area contributed by atoms with E-state index in [1.165, 1.54) is 11.3 Å². The zero-order valence-electron chi connectivity index (χ0n) is 9.20. The SMILES string of the molecule is CCC(O)Cc1ccc(N(C)C)cc1. The zero-order valence-corrected chi connectivity index (χ0v) is 9.20. The molecule has 0 heterocycles. The molecule has 0 saturated heterocycles. The highest BCUT2D eigenvalue weighted by Crippen LogP contribution is 2.13. The molecule has 0 fully saturated rings. The van der Waals surface area contributed by atoms with E-state index >= 15 is 0 Å². The normalized spacial score (nSPS) is 12.6. The molecule has 2 nitrogen and oxygen atoms in total. The van der Waals surface area contributed by atoms with Crippen LogP contribution in [0.3, 0.4) is 0 Å². The van der Waals surface area contributed by atoms with Gasteiger partial charge in [0, 0.05) is 19.8 Å². The molecular weight excluding hydrogens is 174 g/mol. The summed E-state index contributed by atoms with van der Waals surface area (Å²) in [6, 6.07) is 8.32. The van der Waals surface area contributed by atoms with Crippen molar-refractivity contribution in [2.45, 2.75) is 25.9 Å². The van der Waals surface area contributed by atoms with Crippen LogP contribution < -0.4 is 4.90 Å². The number of rotatable bonds is 4. The molecule has 0 saturated carbocycles. The molecule has 1 aromatic rings. The third kappa shape index (κ3) is 3.04. The van der Waals surface area contributed by atoms with Gasteiger partial charge in [-0.05, 0) is 30.5 Å². The number of nitrogens with zero attached hydrogens (tertiary/aromatic N) is 1. The molecule has 0 aliphatic carbocycles. The van der Waals surface area contributed by atoms with Gasteiger partial charge in [0.1, 0.15) is 0 Å². The summed E-state index contributed by atoms with van der Waals surface area (Å²) < 4.78 is 0. The molecule has 0 radical (unpaired) electrons. The van der Waals surface area contributed by atoms with Crippen molar-refractivity contribution in [2.75, 3.05) is 19.0 Å². The lowest BCUT2D eigenvalue weighted by atomic mass is 10.1. The molecule has 0 aromatic heterocycles. The fraction of sp³-hybridized carbons (Fsp3) is 0.500. The van der Waals surface area contributed by atoms with Crippen LogP contribution in [0.25, 0.3) is 0 Å². The molecule has 14 heavy (non-hydrogen) atoms. The summed E-state index contributed by atoms with van der Waals surface area (Å²) >= 11 is 0. The molecule has 1 aromatic carbocycles. The van der Waals surface area contributed by atoms with E-state index in [1.807, 2.05) is 21.0 Å². The summed E-state index contributed by atoms with van der Waals surface area (Å²) in [5, 5.41) is 9.48. The number of anilines is 1. The molecule has 1 rings (SSSR count). The Bertz CT molecular complexity index is 266. The second-order valence-corrected chi connectivity index (χ2v) is 3.83. The van der Waals surface area contributed by atoms with Gasteiger partial charge in [-0.2, -0.15) is 0 Å². The fourth-order valence-corrected chi connectivity index (χ4v) is 1.35. The molecular formula is C12H19NO. The molecule has 0 aliphatic heterocycles. The van der Waals surface area contributed by atoms with Gasteiger partial charge < -0.3 is 10.0 Å². The molecule has 1 atom stereocenters. The van der Waals surface area contributed by atoms with Crippen molar-refractivity contribution in [3.05, 3.63) is 29.8 Å². The van der Waals surface area contributed by atoms with Crippen molar-refractivity contribution in [1.82, 2.24) is 0 Å². The van der Waals surface area contributed by atoms with Crippen LogP contribution in [0.15, 0.2) is 24.3 Å². The fourth-order valence-electron chi connectivity index (χ4n) is 1.35. The average molecular weight is 193 g/mol. The van der Waals surface area contributed by atoms with Crippen molar-refractivity contribution in [3.63, 3.8) is 0 Å². The van der Waals surface area contributed by atoms with Gasteiger partial charge in [-0.3, -0.25) is 0 Å². The predicted octanol–water partition coefficient (Wildman–Crippen LogP) is 2.07. The maximum atomic E-state index is 9.48. The Labute approximate surface area is 86.2 Å². The Morgan fingerprint density at radius 2 is 1.79 bits per heavy atom. The third-order valence-corrected chi connectivity index (χ3v) is 2.40. The van der Waals surface area contributed by atoms with Crippen LogP contribution in [0, 0.1) is 0 Å². The van der Waals surface area contributed by atoms with Gasteiger partial charge in [-0.25, -0.2) is 0 Å². The van der Waals surface area contributed by atoms with E-state index in [1.54, 1.807) is 0 Å². The van der Waals surface area contributed by atoms with Gasteiger partial charge >= 0.3 is 0 Å². The lowest BCUT2D eigenvalue weighted by molar-refractivity contribution is 0.171. The van der Waals surface area contributed by atoms with E-state index in [-0.39, 0.29) is 6.10 Å². The summed E-state index contributed by atoms with van der Waals surface area (Å²) in [4.78, 5) is 2.07. The van der Waals surface area contributed by atoms with Crippen LogP contribution in [0.4, 0.5) is 5.69 Å². The second-order valence-electron chi connectivity index (χ2n) is 3.83. The minimum Gasteiger partial charge on any atom is -0.393 e. The van der Waals surface area contributed by atoms with Crippen LogP contribution in [-0.2, 0) is 6.42 Å². The van der Waals surface area contributed by atoms with Gasteiger partial charge in [0.2, 0.25) is 0 Å². The monoisotopic (exact) mass is 193 g/mol. The predicted molar refractivity (Wildman–Crippen MR) is 60.8 cm³/mol. The molecule has 78 valence electrons. The number of benzene rings is 1. The highest BCUT2D eigenvalue weighted by atomic mass is 16.3. The lowest BCUT2D eigenvalue weighted by Gasteiger charge is -2.13. The Balaban J connectivity index is 2.64. The van der Waals surface area contributed by atoms with E-state index in [0.29, 0.717) is 0 Å². The minimum atomic E-state index is -0.208. The number of aliphatic hydroxyl groups excluding tert-OH is 1. The lowest BCUT2D eigenvalue weighted by Crippen LogP contribution is -2.10. The molecule has 0 amide bonds. The first-order valence-corrected chi connectivity index (χ1v) is 5.07. The highest BCUT2D eigenvalue weighted by molar-refractivity contribution is 5.46. The maximum absolute atomic E-state index is 9.48. The maximum Gasteiger partial charge on any atom is 0.0577 e. The Kier molecular flexibility index (Phi) is 3.96. The van der Waals surface area contributed by atoms with Crippen LogP contribution in [0.5, 0.6) is 0 Å². The first kappa shape index (κ1) is 11.1. The molecule has 0 aliphatic rings. The number of hydrogen-bond donors (Lipinski definition) is 1. The van der Waals surface area contributed by atoms with E-state index in [9.17, 15) is 5.11 Å². The van der Waals surface area contributed by atoms with Crippen LogP contribution in [0.2, 0.25) is 0 Å². The number of hydrogen-bond acceptors (Lipinski definition) is 2. The Morgan fingerprint density at radius 3 is 2.21 bits per heavy atom. The first-order chi connectivity index (χ1) is 6.63. The van der Waals surface area contributed by atoms with Crippen LogP contribution in [0.1, 0.15) is 18.9 Å². The summed E-state index contributed by atoms with van der Waals surface area (Å²) in [5.41, 5.74) is 2.39. The second kappa shape index (κ2) is 5.01. The molecule has 1 unspecified atom stereocenters. The van der Waals surface area contributed by atoms with Crippen LogP contribution >= 0.6 is 0 Å². The van der Waals surface area contributed by atoms with E-state index in [0.717, 1.165) is 12.8 Å². The Hall–Kier alpha value is -1.02. The Morgan fingerprint density at radius 1 is 1.21 bits per heavy atom. The van der Waals surface area contributed by atoms with E-state index in [4.69, 9.17) is 0 Å². The molecule has 0 bridgehead atoms. The molecule has 1 N–H and O–H groups in total. The van der Waals surface area contributed by atoms with Gasteiger partial charge in [0.05, 0.1) is 6.10 Å². The molecule has 0 spiro atoms. The minimum absolute atomic E-state index is 0.208. The molecule has 2 heteroatoms. The van der Waals surface area contributed by atoms with Gasteiger partial charge in [-0.15, -0.1) is 0 Å². The first-order valence-electron chi connectivity index (χ1n) is 5.07. The van der Waals surface area contributed by atoms with Gasteiger partial charge in [-0.1, -0.05) is 19.1 Å². The summed E-state index contributed by atoms with van der Waals surface area (Å²) in [5.74, 6) is 0. The van der Waals surface area contributed by atoms with Crippen molar-refractivity contribution < 1.29 is 5.11 Å². The standard InChI is InChI=1S/C12H19NO/c1-4-12(14)9-10-5-7-11(8-6-10)13(2)3/h5-8,12,14H,4,9H2,1-3H3. The van der Waals surface area contributed by atoms with Gasteiger partial charge in [0.15, 0.2) is 0 Å². The summed E-state index contributed by atoms with van der Waals surface area (Å²) in [7, 11) is 4.05. The van der Waals surface area contributed by atoms with Gasteiger partial charge in [0.25, 0.3) is 0 Å². The topological polar surface area (TPSA) is 23.5 Å². The van der Waals surface area contributed by atoms with Crippen molar-refractivity contribution in [2.24, 2.45) is 0 Å². The third-order valence-electron chi connectivity index (χ3n) is 2.40. The highest BCUT2D eigenvalue weighted by Gasteiger charge is 2.02. The van der Waals surface area contributed by atoms with Crippen molar-refractivity contribution >= 4 is 5.69 Å². The largest absolute Gasteiger partial charge is 0.393 e. The van der Waals surface area contributed by atoms with Crippen LogP contribution in [-0.4, -0.2) is 25.3 Å². The summed E-state index contributed by atoms with van der Waals surface area (Å²) in [6.45, 7) is 2.00. The van der Waals surface area contributed by atoms with E-state index in [2.05, 4.69) is 29.2 Å². The van der Waals surface area contributed by atoms with Crippen molar-refractivity contribution in [1.29, 1.82) is 0 Å². The smallest absolute Gasteiger partial charge is 0.0577 e. The van der Waals surface area contributed by atoms with Crippen molar-refractivity contribution in [3.8, 4) is 0 Å². The van der Waals surface area contributed by atoms with E-state index < -0.39 is 0 Å². The average Bonchev–Trinajstić information content (AvgIpc) is 2.18. The number of aliphatic hydroxyl groups is 1. The quantitative estimate of drug-likeness (QED) is 0.791. The zero-order chi connectivity index (χ0) is 10.6. The summed E-state index contributed by atoms with van der Waals surface area (Å²) in [6.07, 6.45) is 1.36.